The highest BCUT2D eigenvalue weighted by Crippen LogP contribution is 2.25. The predicted molar refractivity (Wildman–Crippen MR) is 363 cm³/mol. The molecule has 0 radical (unpaired) electrons. The van der Waals surface area contributed by atoms with Crippen molar-refractivity contribution in [1.29, 1.82) is 0 Å². The maximum atomic E-state index is 15.1. The van der Waals surface area contributed by atoms with Crippen LogP contribution in [0, 0.1) is 35.5 Å². The number of urea groups is 1. The zero-order valence-corrected chi connectivity index (χ0v) is 61.0. The van der Waals surface area contributed by atoms with Crippen LogP contribution < -0.4 is 26.6 Å². The Labute approximate surface area is 565 Å². The Hall–Kier alpha value is -7.67. The molecule has 26 heteroatoms. The highest BCUT2D eigenvalue weighted by molar-refractivity contribution is 6.02. The number of likely N-dealkylation sites (N-methyl/N-ethyl adjacent to an activating group) is 7. The number of esters is 1. The molecule has 1 aromatic carbocycles. The molecule has 0 bridgehead atoms. The number of methoxy groups -OCH3 is 1. The van der Waals surface area contributed by atoms with Gasteiger partial charge in [-0.15, -0.1) is 0 Å². The monoisotopic (exact) mass is 1340 g/mol. The van der Waals surface area contributed by atoms with Crippen molar-refractivity contribution in [3.63, 3.8) is 0 Å². The third kappa shape index (κ3) is 24.8. The number of amides is 13. The SMILES string of the molecule is CC[C@@H]1NC(=O)C(C[C@H](C)CCCCCCCNC(=O)c2ccc(C(=O)OC)cc2)N(C)C(=O)[C@H](C(C)C)N(C)C(=O)N(C)C(=O)[C@@H](CC(C)C)N(C)C(=O)C(C)NC(=O)[C@@H](C)NC(=O)[C@@H](CC(C)C)N(C)C(=O)[C@@H](C(C)C)NC(=O)[C@H](CC(C)C)N(C)C(=O)CN(C)C1=O. The minimum Gasteiger partial charge on any atom is -0.465 e. The normalized spacial score (nSPS) is 23.7. The van der Waals surface area contributed by atoms with E-state index in [4.69, 9.17) is 4.74 Å². The summed E-state index contributed by atoms with van der Waals surface area (Å²) in [6.45, 7) is 24.4. The molecule has 26 nitrogen and oxygen atoms in total. The number of ether oxygens (including phenoxy) is 1. The van der Waals surface area contributed by atoms with Crippen LogP contribution in [0.4, 0.5) is 4.79 Å². The van der Waals surface area contributed by atoms with E-state index in [9.17, 15) is 57.5 Å². The number of benzene rings is 1. The molecule has 0 aromatic heterocycles. The van der Waals surface area contributed by atoms with Gasteiger partial charge in [0.15, 0.2) is 0 Å². The van der Waals surface area contributed by atoms with E-state index in [1.807, 2.05) is 48.5 Å². The van der Waals surface area contributed by atoms with E-state index >= 15 is 4.79 Å². The number of nitrogens with one attached hydrogen (secondary N) is 5. The Bertz CT molecular complexity index is 2790. The maximum absolute atomic E-state index is 15.1. The van der Waals surface area contributed by atoms with Crippen molar-refractivity contribution < 1.29 is 67.1 Å². The van der Waals surface area contributed by atoms with E-state index < -0.39 is 144 Å². The molecule has 1 aliphatic heterocycles. The fraction of sp³-hybridized carbons (Fsp3) is 0.725. The summed E-state index contributed by atoms with van der Waals surface area (Å²) in [5, 5.41) is 14.0. The minimum absolute atomic E-state index is 0.0707. The Balaban J connectivity index is 2.70. The number of imide groups is 1. The van der Waals surface area contributed by atoms with Crippen LogP contribution >= 0.6 is 0 Å². The van der Waals surface area contributed by atoms with Gasteiger partial charge in [-0.1, -0.05) is 115 Å². The van der Waals surface area contributed by atoms with Crippen molar-refractivity contribution >= 4 is 77.0 Å². The maximum Gasteiger partial charge on any atom is 0.337 e. The Kier molecular flexibility index (Phi) is 34.6. The van der Waals surface area contributed by atoms with Gasteiger partial charge in [-0.3, -0.25) is 57.6 Å². The number of hydrogen-bond acceptors (Lipinski definition) is 14. The molecule has 1 aliphatic rings. The van der Waals surface area contributed by atoms with E-state index in [1.54, 1.807) is 46.8 Å². The Morgan fingerprint density at radius 3 is 1.49 bits per heavy atom. The average Bonchev–Trinajstić information content (AvgIpc) is 0.821. The lowest BCUT2D eigenvalue weighted by molar-refractivity contribution is -0.148. The van der Waals surface area contributed by atoms with Gasteiger partial charge in [0.2, 0.25) is 53.2 Å². The Morgan fingerprint density at radius 2 is 0.968 bits per heavy atom. The fourth-order valence-corrected chi connectivity index (χ4v) is 11.7. The first-order valence-corrected chi connectivity index (χ1v) is 33.8. The first kappa shape index (κ1) is 83.4. The molecule has 1 saturated heterocycles. The lowest BCUT2D eigenvalue weighted by Gasteiger charge is -2.39. The second-order valence-corrected chi connectivity index (χ2v) is 27.9. The molecule has 0 saturated carbocycles. The molecule has 1 heterocycles. The quantitative estimate of drug-likeness (QED) is 0.0793. The van der Waals surface area contributed by atoms with E-state index in [2.05, 4.69) is 26.6 Å². The second-order valence-electron chi connectivity index (χ2n) is 27.9. The fourth-order valence-electron chi connectivity index (χ4n) is 11.7. The third-order valence-electron chi connectivity index (χ3n) is 17.6. The summed E-state index contributed by atoms with van der Waals surface area (Å²) in [7, 11) is 11.0. The van der Waals surface area contributed by atoms with Crippen molar-refractivity contribution in [1.82, 2.24) is 60.9 Å². The molecular formula is C69H116N12O14. The molecule has 0 aliphatic carbocycles. The molecule has 0 spiro atoms. The molecule has 1 aromatic rings. The number of carbonyl (C=O) groups is 13. The van der Waals surface area contributed by atoms with Crippen molar-refractivity contribution in [2.75, 3.05) is 69.5 Å². The number of rotatable bonds is 21. The lowest BCUT2D eigenvalue weighted by atomic mass is 9.93. The summed E-state index contributed by atoms with van der Waals surface area (Å²) in [5.74, 6) is -9.24. The van der Waals surface area contributed by atoms with E-state index in [0.717, 1.165) is 51.7 Å². The zero-order valence-electron chi connectivity index (χ0n) is 61.0. The van der Waals surface area contributed by atoms with Crippen LogP contribution in [0.2, 0.25) is 0 Å². The number of carbonyl (C=O) groups excluding carboxylic acids is 13. The van der Waals surface area contributed by atoms with E-state index in [-0.39, 0.29) is 61.7 Å². The van der Waals surface area contributed by atoms with Gasteiger partial charge in [0.05, 0.1) is 19.2 Å². The first-order chi connectivity index (χ1) is 44.2. The van der Waals surface area contributed by atoms with Crippen LogP contribution in [0.25, 0.3) is 0 Å². The molecule has 10 atom stereocenters. The van der Waals surface area contributed by atoms with Crippen LogP contribution in [0.15, 0.2) is 24.3 Å². The summed E-state index contributed by atoms with van der Waals surface area (Å²) in [4.78, 5) is 192. The third-order valence-corrected chi connectivity index (χ3v) is 17.6. The zero-order chi connectivity index (χ0) is 72.6. The Morgan fingerprint density at radius 1 is 0.505 bits per heavy atom. The van der Waals surface area contributed by atoms with Gasteiger partial charge >= 0.3 is 12.0 Å². The van der Waals surface area contributed by atoms with Crippen molar-refractivity contribution in [3.8, 4) is 0 Å². The van der Waals surface area contributed by atoms with E-state index in [0.29, 0.717) is 24.1 Å². The number of nitrogens with zero attached hydrogens (tertiary/aromatic N) is 7. The smallest absolute Gasteiger partial charge is 0.337 e. The molecule has 1 fully saturated rings. The van der Waals surface area contributed by atoms with Crippen LogP contribution in [0.5, 0.6) is 0 Å². The van der Waals surface area contributed by atoms with Crippen LogP contribution in [0.1, 0.15) is 188 Å². The van der Waals surface area contributed by atoms with Crippen molar-refractivity contribution in [2.45, 2.75) is 222 Å². The molecular weight excluding hydrogens is 1220 g/mol. The molecule has 13 amide bonds. The second kappa shape index (κ2) is 39.4. The van der Waals surface area contributed by atoms with Gasteiger partial charge in [-0.25, -0.2) is 9.59 Å². The van der Waals surface area contributed by atoms with Crippen LogP contribution in [-0.4, -0.2) is 235 Å². The summed E-state index contributed by atoms with van der Waals surface area (Å²) >= 11 is 0. The predicted octanol–water partition coefficient (Wildman–Crippen LogP) is 5.07. The molecule has 2 unspecified atom stereocenters. The van der Waals surface area contributed by atoms with Gasteiger partial charge < -0.3 is 60.7 Å². The molecule has 95 heavy (non-hydrogen) atoms. The molecule has 536 valence electrons. The minimum atomic E-state index is -1.25. The number of hydrogen-bond donors (Lipinski definition) is 5. The first-order valence-electron chi connectivity index (χ1n) is 33.8. The summed E-state index contributed by atoms with van der Waals surface area (Å²) < 4.78 is 4.73. The van der Waals surface area contributed by atoms with Crippen molar-refractivity contribution in [3.05, 3.63) is 35.4 Å². The summed E-state index contributed by atoms with van der Waals surface area (Å²) in [5.41, 5.74) is 0.750. The van der Waals surface area contributed by atoms with Crippen LogP contribution in [-0.2, 0) is 52.7 Å². The highest BCUT2D eigenvalue weighted by atomic mass is 16.5. The van der Waals surface area contributed by atoms with E-state index in [1.165, 1.54) is 97.1 Å². The van der Waals surface area contributed by atoms with Gasteiger partial charge in [0.25, 0.3) is 11.8 Å². The molecule has 5 N–H and O–H groups in total. The van der Waals surface area contributed by atoms with Gasteiger partial charge in [0, 0.05) is 61.4 Å². The highest BCUT2D eigenvalue weighted by Gasteiger charge is 2.43. The largest absolute Gasteiger partial charge is 0.465 e. The van der Waals surface area contributed by atoms with Gasteiger partial charge in [0.1, 0.15) is 54.4 Å². The number of unbranched alkanes of at least 4 members (excludes halogenated alkanes) is 4. The summed E-state index contributed by atoms with van der Waals surface area (Å²) in [6, 6.07) is -5.54. The van der Waals surface area contributed by atoms with Gasteiger partial charge in [-0.2, -0.15) is 0 Å². The average molecular weight is 1340 g/mol. The molecule has 2 rings (SSSR count). The lowest BCUT2D eigenvalue weighted by Crippen LogP contribution is -2.61. The topological polar surface area (TPSA) is 314 Å². The standard InChI is InChI=1S/C69H116N12O14/c1-23-50-64(89)75(15)39-55(82)76(16)51(35-40(2)3)62(87)74-56(43(8)9)66(91)77(17)52(36-41(4)5)60(85)71-46(13)58(83)72-47(14)63(88)79(19)54(37-42(6)7)65(90)81(21)69(94)80(20)57(44(10)11)67(92)78(18)53(61(86)73-50)38-45(12)29-27-25-24-26-28-34-70-59(84)48-30-32-49(33-31-48)68(93)95-22/h30-33,40-47,50-54,56-57H,23-29,34-39H2,1-22H3,(H,70,84)(H,71,85)(H,72,83)(H,73,86)(H,74,87)/t45-,46-,47?,50+,51+,52-,53?,54-,56-,57+/m1/s1. The van der Waals surface area contributed by atoms with Gasteiger partial charge in [-0.05, 0) is 112 Å². The van der Waals surface area contributed by atoms with Crippen molar-refractivity contribution in [2.24, 2.45) is 35.5 Å². The summed E-state index contributed by atoms with van der Waals surface area (Å²) in [6.07, 6.45) is 5.24. The van der Waals surface area contributed by atoms with Crippen LogP contribution in [0.3, 0.4) is 0 Å².